The van der Waals surface area contributed by atoms with Gasteiger partial charge in [0.05, 0.1) is 63.9 Å². The summed E-state index contributed by atoms with van der Waals surface area (Å²) in [5.74, 6) is 5.79. The number of nitrogens with zero attached hydrogens (tertiary/aromatic N) is 1. The maximum Gasteiger partial charge on any atom is 0.161 e. The van der Waals surface area contributed by atoms with Crippen LogP contribution in [-0.2, 0) is 32.0 Å². The van der Waals surface area contributed by atoms with E-state index in [2.05, 4.69) is 121 Å². The second-order valence-corrected chi connectivity index (χ2v) is 18.5. The van der Waals surface area contributed by atoms with Gasteiger partial charge in [-0.25, -0.2) is 0 Å². The third kappa shape index (κ3) is 19.4. The fourth-order valence-corrected chi connectivity index (χ4v) is 7.84. The van der Waals surface area contributed by atoms with E-state index in [1.54, 1.807) is 0 Å². The maximum absolute atomic E-state index is 10.7. The average Bonchev–Trinajstić information content (AvgIpc) is 3.67. The van der Waals surface area contributed by atoms with Crippen LogP contribution in [0, 0.1) is 26.2 Å². The molecule has 0 radical (unpaired) electrons. The second kappa shape index (κ2) is 25.9. The SMILES string of the molecule is C#CC(c1ccc(C[NH2+]Cc2cc(C)cc(C)c2)cc1)n1c2ccccc2c2ccccc21.F[P-](F)(F)(F)(F)F.c1ccc2c(c1)OCCOCCOCCOc1ccccc1OCCOCCOCCO2. The molecule has 1 aromatic heterocycles. The van der Waals surface area contributed by atoms with Crippen molar-refractivity contribution in [3.05, 3.63) is 167 Å². The average molecular weight is 1020 g/mol. The van der Waals surface area contributed by atoms with Gasteiger partial charge in [-0.1, -0.05) is 120 Å². The fourth-order valence-electron chi connectivity index (χ4n) is 7.84. The van der Waals surface area contributed by atoms with Crippen molar-refractivity contribution >= 4 is 29.6 Å². The van der Waals surface area contributed by atoms with Crippen molar-refractivity contribution in [1.82, 2.24) is 4.57 Å². The molecule has 2 heterocycles. The smallest absolute Gasteiger partial charge is 0.161 e. The number of ether oxygens (including phenoxy) is 8. The number of benzene rings is 6. The number of aryl methyl sites for hydroxylation is 2. The summed E-state index contributed by atoms with van der Waals surface area (Å²) in [5, 5.41) is 4.84. The molecule has 0 amide bonds. The summed E-state index contributed by atoms with van der Waals surface area (Å²) in [6.45, 7) is 11.7. The Bertz CT molecular complexity index is 2610. The first kappa shape index (κ1) is 55.0. The molecule has 0 fully saturated rings. The van der Waals surface area contributed by atoms with Gasteiger partial charge in [-0.05, 0) is 55.8 Å². The molecule has 1 aliphatic heterocycles. The van der Waals surface area contributed by atoms with Crippen molar-refractivity contribution in [3.8, 4) is 35.3 Å². The van der Waals surface area contributed by atoms with E-state index in [1.807, 2.05) is 48.5 Å². The van der Waals surface area contributed by atoms with Crippen LogP contribution in [0.4, 0.5) is 25.2 Å². The largest absolute Gasteiger partial charge is 0.487 e. The topological polar surface area (TPSA) is 95.4 Å². The summed E-state index contributed by atoms with van der Waals surface area (Å²) < 4.78 is 107. The van der Waals surface area contributed by atoms with Crippen LogP contribution < -0.4 is 24.3 Å². The Balaban J connectivity index is 0.000000208. The zero-order valence-electron chi connectivity index (χ0n) is 40.3. The van der Waals surface area contributed by atoms with Crippen molar-refractivity contribution in [2.45, 2.75) is 33.0 Å². The van der Waals surface area contributed by atoms with Crippen LogP contribution in [0.15, 0.2) is 140 Å². The summed E-state index contributed by atoms with van der Waals surface area (Å²) >= 11 is 0. The molecular weight excluding hydrogens is 962 g/mol. The van der Waals surface area contributed by atoms with E-state index >= 15 is 0 Å². The standard InChI is InChI=1S/C31H28N2.C24H32O8.F6P/c1-4-29(33-30-11-7-5-9-27(30)28-10-6-8-12-31(28)33)26-15-13-24(14-16-26)20-32-21-25-18-22(2)17-23(3)19-25;1-2-6-22-21(5-1)29-17-13-25-9-10-27-15-19-31-23-7-3-4-8-24(23)32-20-16-28-12-11-26-14-18-30-22;1-7(2,3,4,5)6/h1,5-19,29,32H,20-21H2,2-3H3;1-8H,9-20H2;/q;;-1/p+1. The molecule has 7 aromatic rings. The molecule has 0 bridgehead atoms. The molecule has 10 nitrogen and oxygen atoms in total. The molecule has 0 aliphatic carbocycles. The Morgan fingerprint density at radius 2 is 0.806 bits per heavy atom. The summed E-state index contributed by atoms with van der Waals surface area (Å²) in [5.41, 5.74) is 8.83. The number of hydrogen-bond donors (Lipinski definition) is 1. The van der Waals surface area contributed by atoms with Gasteiger partial charge in [0.2, 0.25) is 0 Å². The minimum atomic E-state index is -10.7. The molecule has 8 rings (SSSR count). The van der Waals surface area contributed by atoms with Gasteiger partial charge in [-0.2, -0.15) is 0 Å². The minimum Gasteiger partial charge on any atom is -0.487 e. The van der Waals surface area contributed by atoms with E-state index in [1.165, 1.54) is 44.1 Å². The number of para-hydroxylation sites is 6. The molecule has 1 atom stereocenters. The molecule has 0 saturated carbocycles. The van der Waals surface area contributed by atoms with Crippen molar-refractivity contribution < 1.29 is 68.4 Å². The van der Waals surface area contributed by atoms with Crippen molar-refractivity contribution in [1.29, 1.82) is 0 Å². The number of aromatic nitrogens is 1. The molecule has 386 valence electrons. The first-order valence-corrected chi connectivity index (χ1v) is 25.5. The molecule has 0 spiro atoms. The Morgan fingerprint density at radius 1 is 0.472 bits per heavy atom. The van der Waals surface area contributed by atoms with Crippen molar-refractivity contribution in [3.63, 3.8) is 0 Å². The number of fused-ring (bicyclic) bond motifs is 5. The van der Waals surface area contributed by atoms with Crippen LogP contribution in [0.2, 0.25) is 0 Å². The van der Waals surface area contributed by atoms with Gasteiger partial charge >= 0.3 is 33.0 Å². The van der Waals surface area contributed by atoms with Gasteiger partial charge in [-0.15, -0.1) is 6.42 Å². The molecule has 72 heavy (non-hydrogen) atoms. The van der Waals surface area contributed by atoms with Crippen LogP contribution in [-0.4, -0.2) is 83.8 Å². The van der Waals surface area contributed by atoms with E-state index in [0.29, 0.717) is 102 Å². The van der Waals surface area contributed by atoms with Crippen LogP contribution >= 0.6 is 7.81 Å². The van der Waals surface area contributed by atoms with Crippen molar-refractivity contribution in [2.24, 2.45) is 0 Å². The summed E-state index contributed by atoms with van der Waals surface area (Å²) in [7, 11) is -10.7. The molecular formula is C55H61F6N2O8P. The van der Waals surface area contributed by atoms with E-state index < -0.39 is 7.81 Å². The van der Waals surface area contributed by atoms with Crippen LogP contribution in [0.25, 0.3) is 21.8 Å². The Kier molecular flexibility index (Phi) is 19.8. The minimum absolute atomic E-state index is 0.150. The third-order valence-electron chi connectivity index (χ3n) is 10.8. The normalized spacial score (nSPS) is 15.9. The molecule has 1 aliphatic rings. The summed E-state index contributed by atoms with van der Waals surface area (Å²) in [4.78, 5) is 0. The molecule has 2 N–H and O–H groups in total. The summed E-state index contributed by atoms with van der Waals surface area (Å²) in [6, 6.07) is 47.6. The predicted octanol–water partition coefficient (Wildman–Crippen LogP) is 12.3. The molecule has 6 aromatic carbocycles. The number of nitrogens with two attached hydrogens (primary N) is 1. The zero-order valence-corrected chi connectivity index (χ0v) is 41.2. The number of halogens is 6. The maximum atomic E-state index is 9.87. The van der Waals surface area contributed by atoms with E-state index in [4.69, 9.17) is 44.3 Å². The van der Waals surface area contributed by atoms with Crippen molar-refractivity contribution in [2.75, 3.05) is 79.3 Å². The quantitative estimate of drug-likeness (QED) is 0.1000. The Labute approximate surface area is 416 Å². The van der Waals surface area contributed by atoms with Crippen LogP contribution in [0.5, 0.6) is 23.0 Å². The molecule has 17 heteroatoms. The van der Waals surface area contributed by atoms with Gasteiger partial charge in [0, 0.05) is 21.9 Å². The first-order valence-electron chi connectivity index (χ1n) is 23.5. The number of quaternary nitrogens is 1. The van der Waals surface area contributed by atoms with Crippen LogP contribution in [0.1, 0.15) is 33.9 Å². The van der Waals surface area contributed by atoms with Gasteiger partial charge in [0.15, 0.2) is 23.0 Å². The van der Waals surface area contributed by atoms with Gasteiger partial charge in [0.25, 0.3) is 0 Å². The monoisotopic (exact) mass is 1020 g/mol. The van der Waals surface area contributed by atoms with E-state index in [0.717, 1.165) is 18.7 Å². The zero-order chi connectivity index (χ0) is 51.3. The fraction of sp³-hybridized carbons (Fsp3) is 0.309. The second-order valence-electron chi connectivity index (χ2n) is 16.6. The van der Waals surface area contributed by atoms with Gasteiger partial charge in [-0.3, -0.25) is 0 Å². The molecule has 1 unspecified atom stereocenters. The number of hydrogen-bond acceptors (Lipinski definition) is 8. The summed E-state index contributed by atoms with van der Waals surface area (Å²) in [6.07, 6.45) is 6.11. The predicted molar refractivity (Wildman–Crippen MR) is 270 cm³/mol. The molecule has 0 saturated heterocycles. The Hall–Kier alpha value is -6.31. The van der Waals surface area contributed by atoms with Crippen LogP contribution in [0.3, 0.4) is 0 Å². The van der Waals surface area contributed by atoms with Gasteiger partial charge < -0.3 is 47.8 Å². The van der Waals surface area contributed by atoms with E-state index in [-0.39, 0.29) is 6.04 Å². The van der Waals surface area contributed by atoms with E-state index in [9.17, 15) is 25.2 Å². The van der Waals surface area contributed by atoms with Gasteiger partial charge in [0.1, 0.15) is 45.6 Å². The number of rotatable bonds is 6. The Morgan fingerprint density at radius 3 is 1.18 bits per heavy atom. The third-order valence-corrected chi connectivity index (χ3v) is 10.8. The number of terminal acetylenes is 1. The first-order chi connectivity index (χ1) is 34.5.